The quantitative estimate of drug-likeness (QED) is 0.514. The number of rotatable bonds is 7. The van der Waals surface area contributed by atoms with Crippen molar-refractivity contribution in [2.75, 3.05) is 0 Å². The molecule has 0 radical (unpaired) electrons. The Bertz CT molecular complexity index is 516. The summed E-state index contributed by atoms with van der Waals surface area (Å²) in [5.41, 5.74) is 4.94. The van der Waals surface area contributed by atoms with E-state index in [1.165, 1.54) is 0 Å². The minimum Gasteiger partial charge on any atom is -0.481 e. The van der Waals surface area contributed by atoms with Crippen LogP contribution in [0.25, 0.3) is 0 Å². The molecule has 23 heavy (non-hydrogen) atoms. The van der Waals surface area contributed by atoms with Crippen LogP contribution in [-0.2, 0) is 14.4 Å². The molecule has 2 aliphatic carbocycles. The molecule has 7 heteroatoms. The topological polar surface area (TPSA) is 122 Å². The normalized spacial score (nSPS) is 21.9. The SMILES string of the molecule is CC(C)(C)C1(CC(=O)NC2(NC(=O)[C@@H](N)CC(=O)O)CC2)CC1. The maximum atomic E-state index is 12.3. The van der Waals surface area contributed by atoms with E-state index in [2.05, 4.69) is 31.4 Å². The van der Waals surface area contributed by atoms with Crippen LogP contribution in [0.2, 0.25) is 0 Å². The van der Waals surface area contributed by atoms with Gasteiger partial charge in [-0.1, -0.05) is 20.8 Å². The largest absolute Gasteiger partial charge is 0.481 e. The van der Waals surface area contributed by atoms with E-state index in [9.17, 15) is 14.4 Å². The first-order chi connectivity index (χ1) is 10.5. The van der Waals surface area contributed by atoms with Crippen LogP contribution in [0.3, 0.4) is 0 Å². The Hall–Kier alpha value is -1.63. The third-order valence-corrected chi connectivity index (χ3v) is 5.17. The van der Waals surface area contributed by atoms with Gasteiger partial charge < -0.3 is 21.5 Å². The van der Waals surface area contributed by atoms with Gasteiger partial charge in [-0.3, -0.25) is 14.4 Å². The highest BCUT2D eigenvalue weighted by Gasteiger charge is 2.54. The van der Waals surface area contributed by atoms with E-state index in [-0.39, 0.29) is 16.7 Å². The minimum atomic E-state index is -1.12. The van der Waals surface area contributed by atoms with E-state index in [0.717, 1.165) is 12.8 Å². The van der Waals surface area contributed by atoms with Gasteiger partial charge in [0.1, 0.15) is 5.66 Å². The molecule has 0 aromatic heterocycles. The summed E-state index contributed by atoms with van der Waals surface area (Å²) < 4.78 is 0. The van der Waals surface area contributed by atoms with Gasteiger partial charge in [-0.05, 0) is 36.5 Å². The minimum absolute atomic E-state index is 0.0525. The summed E-state index contributed by atoms with van der Waals surface area (Å²) in [5.74, 6) is -1.73. The Kier molecular flexibility index (Phi) is 4.45. The molecule has 0 aliphatic heterocycles. The van der Waals surface area contributed by atoms with Gasteiger partial charge in [-0.2, -0.15) is 0 Å². The van der Waals surface area contributed by atoms with E-state index in [1.807, 2.05) is 0 Å². The number of nitrogens with one attached hydrogen (secondary N) is 2. The van der Waals surface area contributed by atoms with E-state index in [1.54, 1.807) is 0 Å². The Morgan fingerprint density at radius 3 is 2.09 bits per heavy atom. The number of carboxylic acid groups (broad SMARTS) is 1. The molecule has 0 saturated heterocycles. The molecule has 0 heterocycles. The highest BCUT2D eigenvalue weighted by atomic mass is 16.4. The van der Waals surface area contributed by atoms with Crippen LogP contribution in [-0.4, -0.2) is 34.6 Å². The number of carbonyl (C=O) groups is 3. The monoisotopic (exact) mass is 325 g/mol. The molecular formula is C16H27N3O4. The molecule has 0 aromatic carbocycles. The van der Waals surface area contributed by atoms with Crippen molar-refractivity contribution < 1.29 is 19.5 Å². The second kappa shape index (κ2) is 5.78. The first-order valence-corrected chi connectivity index (χ1v) is 8.09. The van der Waals surface area contributed by atoms with Crippen molar-refractivity contribution in [3.8, 4) is 0 Å². The van der Waals surface area contributed by atoms with Crippen LogP contribution in [0.4, 0.5) is 0 Å². The maximum absolute atomic E-state index is 12.3. The van der Waals surface area contributed by atoms with E-state index < -0.39 is 30.0 Å². The van der Waals surface area contributed by atoms with E-state index >= 15 is 0 Å². The number of hydrogen-bond acceptors (Lipinski definition) is 4. The molecule has 2 aliphatic rings. The molecule has 0 aromatic rings. The number of hydrogen-bond donors (Lipinski definition) is 4. The van der Waals surface area contributed by atoms with Crippen molar-refractivity contribution in [3.63, 3.8) is 0 Å². The lowest BCUT2D eigenvalue weighted by atomic mass is 9.75. The smallest absolute Gasteiger partial charge is 0.305 e. The summed E-state index contributed by atoms with van der Waals surface area (Å²) in [5, 5.41) is 14.3. The lowest BCUT2D eigenvalue weighted by molar-refractivity contribution is -0.140. The second-order valence-electron chi connectivity index (χ2n) is 8.03. The predicted octanol–water partition coefficient (Wildman–Crippen LogP) is 0.727. The molecule has 2 fully saturated rings. The zero-order chi connectivity index (χ0) is 17.5. The molecule has 2 amide bonds. The fourth-order valence-corrected chi connectivity index (χ4v) is 2.98. The van der Waals surface area contributed by atoms with Gasteiger partial charge in [0.15, 0.2) is 0 Å². The fraction of sp³-hybridized carbons (Fsp3) is 0.812. The Labute approximate surface area is 136 Å². The molecule has 1 atom stereocenters. The van der Waals surface area contributed by atoms with E-state index in [4.69, 9.17) is 10.8 Å². The zero-order valence-electron chi connectivity index (χ0n) is 14.1. The molecule has 2 rings (SSSR count). The Balaban J connectivity index is 1.86. The highest BCUT2D eigenvalue weighted by molar-refractivity contribution is 5.87. The van der Waals surface area contributed by atoms with Crippen LogP contribution in [0, 0.1) is 10.8 Å². The first-order valence-electron chi connectivity index (χ1n) is 8.09. The summed E-state index contributed by atoms with van der Waals surface area (Å²) in [7, 11) is 0. The van der Waals surface area contributed by atoms with Crippen molar-refractivity contribution in [2.24, 2.45) is 16.6 Å². The Morgan fingerprint density at radius 2 is 1.70 bits per heavy atom. The fourth-order valence-electron chi connectivity index (χ4n) is 2.98. The van der Waals surface area contributed by atoms with Crippen molar-refractivity contribution in [3.05, 3.63) is 0 Å². The lowest BCUT2D eigenvalue weighted by Gasteiger charge is -2.31. The molecule has 2 saturated carbocycles. The standard InChI is InChI=1S/C16H27N3O4/c1-14(2,3)15(4-5-15)9-11(20)18-16(6-7-16)19-13(23)10(17)8-12(21)22/h10H,4-9,17H2,1-3H3,(H,18,20)(H,19,23)(H,21,22)/t10-/m0/s1. The van der Waals surface area contributed by atoms with Crippen molar-refractivity contribution in [1.82, 2.24) is 10.6 Å². The number of amides is 2. The highest BCUT2D eigenvalue weighted by Crippen LogP contribution is 2.60. The number of aliphatic carboxylic acids is 1. The van der Waals surface area contributed by atoms with Crippen LogP contribution >= 0.6 is 0 Å². The molecule has 0 spiro atoms. The molecule has 5 N–H and O–H groups in total. The molecule has 0 bridgehead atoms. The first kappa shape index (κ1) is 17.7. The van der Waals surface area contributed by atoms with Crippen LogP contribution in [0.15, 0.2) is 0 Å². The third-order valence-electron chi connectivity index (χ3n) is 5.17. The summed E-state index contributed by atoms with van der Waals surface area (Å²) in [4.78, 5) is 34.9. The van der Waals surface area contributed by atoms with Gasteiger partial charge in [0.25, 0.3) is 0 Å². The third kappa shape index (κ3) is 4.22. The van der Waals surface area contributed by atoms with Crippen LogP contribution in [0.1, 0.15) is 59.3 Å². The number of carbonyl (C=O) groups excluding carboxylic acids is 2. The molecule has 130 valence electrons. The summed E-state index contributed by atoms with van der Waals surface area (Å²) >= 11 is 0. The zero-order valence-corrected chi connectivity index (χ0v) is 14.1. The predicted molar refractivity (Wildman–Crippen MR) is 84.2 cm³/mol. The van der Waals surface area contributed by atoms with E-state index in [0.29, 0.717) is 19.3 Å². The molecule has 7 nitrogen and oxygen atoms in total. The molecule has 0 unspecified atom stereocenters. The number of nitrogens with two attached hydrogens (primary N) is 1. The summed E-state index contributed by atoms with van der Waals surface area (Å²) in [6, 6.07) is -1.11. The van der Waals surface area contributed by atoms with Gasteiger partial charge in [0.2, 0.25) is 11.8 Å². The maximum Gasteiger partial charge on any atom is 0.305 e. The van der Waals surface area contributed by atoms with Crippen LogP contribution < -0.4 is 16.4 Å². The summed E-state index contributed by atoms with van der Waals surface area (Å²) in [6.07, 6.45) is 3.41. The average Bonchev–Trinajstić information content (AvgIpc) is 3.26. The Morgan fingerprint density at radius 1 is 1.13 bits per heavy atom. The second-order valence-corrected chi connectivity index (χ2v) is 8.03. The van der Waals surface area contributed by atoms with Crippen LogP contribution in [0.5, 0.6) is 0 Å². The number of carboxylic acids is 1. The average molecular weight is 325 g/mol. The lowest BCUT2D eigenvalue weighted by Crippen LogP contribution is -2.55. The van der Waals surface area contributed by atoms with Gasteiger partial charge in [-0.25, -0.2) is 0 Å². The van der Waals surface area contributed by atoms with Crippen molar-refractivity contribution >= 4 is 17.8 Å². The van der Waals surface area contributed by atoms with Gasteiger partial charge in [-0.15, -0.1) is 0 Å². The summed E-state index contributed by atoms with van der Waals surface area (Å²) in [6.45, 7) is 6.44. The van der Waals surface area contributed by atoms with Crippen molar-refractivity contribution in [1.29, 1.82) is 0 Å². The van der Waals surface area contributed by atoms with Gasteiger partial charge in [0.05, 0.1) is 12.5 Å². The molecular weight excluding hydrogens is 298 g/mol. The van der Waals surface area contributed by atoms with Gasteiger partial charge in [0, 0.05) is 6.42 Å². The van der Waals surface area contributed by atoms with Gasteiger partial charge >= 0.3 is 5.97 Å². The van der Waals surface area contributed by atoms with Crippen molar-refractivity contribution in [2.45, 2.75) is 71.0 Å².